The van der Waals surface area contributed by atoms with Crippen molar-refractivity contribution >= 4 is 23.0 Å². The van der Waals surface area contributed by atoms with Crippen LogP contribution in [0.5, 0.6) is 0 Å². The Hall–Kier alpha value is -2.08. The molecule has 5 nitrogen and oxygen atoms in total. The maximum atomic E-state index is 12.9. The summed E-state index contributed by atoms with van der Waals surface area (Å²) in [6, 6.07) is 9.62. The van der Waals surface area contributed by atoms with Crippen molar-refractivity contribution < 1.29 is 0 Å². The standard InChI is InChI=1S/C18H26N4OS/c1-5-7-13-21(6-2)18(24)19-16-14(3)20(4)22(17(16)23)15-11-9-8-10-12-15/h8-12H,5-7,13H2,1-4H3,(H,19,24). The Morgan fingerprint density at radius 1 is 1.25 bits per heavy atom. The average molecular weight is 347 g/mol. The second-order valence-electron chi connectivity index (χ2n) is 5.80. The molecular formula is C18H26N4OS. The van der Waals surface area contributed by atoms with Crippen LogP contribution in [0, 0.1) is 6.92 Å². The van der Waals surface area contributed by atoms with E-state index in [0.717, 1.165) is 37.3 Å². The van der Waals surface area contributed by atoms with E-state index in [1.807, 2.05) is 49.0 Å². The van der Waals surface area contributed by atoms with Gasteiger partial charge in [-0.3, -0.25) is 9.48 Å². The molecule has 0 spiro atoms. The third-order valence-electron chi connectivity index (χ3n) is 4.24. The highest BCUT2D eigenvalue weighted by Crippen LogP contribution is 2.14. The molecule has 24 heavy (non-hydrogen) atoms. The van der Waals surface area contributed by atoms with Crippen LogP contribution in [0.1, 0.15) is 32.4 Å². The van der Waals surface area contributed by atoms with Crippen LogP contribution in [0.4, 0.5) is 5.69 Å². The quantitative estimate of drug-likeness (QED) is 0.815. The van der Waals surface area contributed by atoms with Gasteiger partial charge in [-0.1, -0.05) is 31.5 Å². The molecule has 0 saturated carbocycles. The lowest BCUT2D eigenvalue weighted by molar-refractivity contribution is 0.434. The van der Waals surface area contributed by atoms with Gasteiger partial charge < -0.3 is 10.2 Å². The van der Waals surface area contributed by atoms with Crippen LogP contribution < -0.4 is 10.9 Å². The van der Waals surface area contributed by atoms with Crippen LogP contribution >= 0.6 is 12.2 Å². The number of anilines is 1. The molecule has 2 rings (SSSR count). The van der Waals surface area contributed by atoms with Gasteiger partial charge in [-0.05, 0) is 44.6 Å². The molecule has 6 heteroatoms. The molecule has 0 aliphatic carbocycles. The van der Waals surface area contributed by atoms with Gasteiger partial charge >= 0.3 is 0 Å². The van der Waals surface area contributed by atoms with Gasteiger partial charge in [0.15, 0.2) is 5.11 Å². The van der Waals surface area contributed by atoms with Crippen LogP contribution in [-0.4, -0.2) is 32.5 Å². The van der Waals surface area contributed by atoms with E-state index < -0.39 is 0 Å². The van der Waals surface area contributed by atoms with E-state index in [4.69, 9.17) is 12.2 Å². The van der Waals surface area contributed by atoms with Gasteiger partial charge in [0.05, 0.1) is 11.4 Å². The summed E-state index contributed by atoms with van der Waals surface area (Å²) in [4.78, 5) is 15.0. The number of thiocarbonyl (C=S) groups is 1. The summed E-state index contributed by atoms with van der Waals surface area (Å²) in [6.45, 7) is 7.88. The molecule has 0 aliphatic heterocycles. The molecule has 0 radical (unpaired) electrons. The third-order valence-corrected chi connectivity index (χ3v) is 4.60. The first-order valence-corrected chi connectivity index (χ1v) is 8.82. The minimum Gasteiger partial charge on any atom is -0.349 e. The summed E-state index contributed by atoms with van der Waals surface area (Å²) < 4.78 is 3.51. The van der Waals surface area contributed by atoms with E-state index in [-0.39, 0.29) is 5.56 Å². The number of nitrogens with zero attached hydrogens (tertiary/aromatic N) is 3. The molecular weight excluding hydrogens is 320 g/mol. The van der Waals surface area contributed by atoms with E-state index in [1.165, 1.54) is 0 Å². The number of nitrogens with one attached hydrogen (secondary N) is 1. The fourth-order valence-corrected chi connectivity index (χ4v) is 2.97. The van der Waals surface area contributed by atoms with Gasteiger partial charge in [-0.15, -0.1) is 0 Å². The Labute approximate surface area is 148 Å². The monoisotopic (exact) mass is 346 g/mol. The van der Waals surface area contributed by atoms with Crippen molar-refractivity contribution in [2.45, 2.75) is 33.6 Å². The number of benzene rings is 1. The number of para-hydroxylation sites is 1. The molecule has 2 aromatic rings. The first-order chi connectivity index (χ1) is 11.5. The molecule has 0 atom stereocenters. The minimum atomic E-state index is -0.0879. The third kappa shape index (κ3) is 3.70. The zero-order chi connectivity index (χ0) is 17.7. The fraction of sp³-hybridized carbons (Fsp3) is 0.444. The Morgan fingerprint density at radius 2 is 1.92 bits per heavy atom. The van der Waals surface area contributed by atoms with Gasteiger partial charge in [0.25, 0.3) is 5.56 Å². The lowest BCUT2D eigenvalue weighted by Gasteiger charge is -2.23. The summed E-state index contributed by atoms with van der Waals surface area (Å²) >= 11 is 5.52. The number of unbranched alkanes of at least 4 members (excludes halogenated alkanes) is 1. The summed E-state index contributed by atoms with van der Waals surface area (Å²) in [5.41, 5.74) is 2.15. The highest BCUT2D eigenvalue weighted by atomic mass is 32.1. The molecule has 0 fully saturated rings. The number of hydrogen-bond donors (Lipinski definition) is 1. The molecule has 0 saturated heterocycles. The predicted octanol–water partition coefficient (Wildman–Crippen LogP) is 3.30. The zero-order valence-corrected chi connectivity index (χ0v) is 15.7. The smallest absolute Gasteiger partial charge is 0.295 e. The number of hydrogen-bond acceptors (Lipinski definition) is 2. The van der Waals surface area contributed by atoms with Crippen LogP contribution in [0.25, 0.3) is 5.69 Å². The van der Waals surface area contributed by atoms with E-state index in [9.17, 15) is 4.79 Å². The van der Waals surface area contributed by atoms with Crippen LogP contribution in [0.15, 0.2) is 35.1 Å². The second kappa shape index (κ2) is 8.15. The first kappa shape index (κ1) is 18.3. The van der Waals surface area contributed by atoms with Gasteiger partial charge in [-0.25, -0.2) is 4.68 Å². The van der Waals surface area contributed by atoms with E-state index >= 15 is 0 Å². The van der Waals surface area contributed by atoms with Gasteiger partial charge in [0.2, 0.25) is 0 Å². The molecule has 0 amide bonds. The van der Waals surface area contributed by atoms with Crippen molar-refractivity contribution in [1.29, 1.82) is 0 Å². The Balaban J connectivity index is 2.32. The lowest BCUT2D eigenvalue weighted by atomic mass is 10.3. The van der Waals surface area contributed by atoms with Crippen molar-refractivity contribution in [3.63, 3.8) is 0 Å². The van der Waals surface area contributed by atoms with Gasteiger partial charge in [-0.2, -0.15) is 0 Å². The van der Waals surface area contributed by atoms with E-state index in [1.54, 1.807) is 4.68 Å². The summed E-state index contributed by atoms with van der Waals surface area (Å²) in [5.74, 6) is 0. The Kier molecular flexibility index (Phi) is 6.20. The molecule has 1 N–H and O–H groups in total. The molecule has 1 aromatic heterocycles. The predicted molar refractivity (Wildman–Crippen MR) is 104 cm³/mol. The largest absolute Gasteiger partial charge is 0.349 e. The summed E-state index contributed by atoms with van der Waals surface area (Å²) in [6.07, 6.45) is 2.20. The zero-order valence-electron chi connectivity index (χ0n) is 14.9. The van der Waals surface area contributed by atoms with Gasteiger partial charge in [0, 0.05) is 20.1 Å². The topological polar surface area (TPSA) is 42.2 Å². The SMILES string of the molecule is CCCCN(CC)C(=S)Nc1c(C)n(C)n(-c2ccccc2)c1=O. The molecule has 130 valence electrons. The van der Waals surface area contributed by atoms with Crippen molar-refractivity contribution in [3.8, 4) is 5.69 Å². The van der Waals surface area contributed by atoms with E-state index in [2.05, 4.69) is 24.1 Å². The van der Waals surface area contributed by atoms with Crippen molar-refractivity contribution in [3.05, 3.63) is 46.4 Å². The highest BCUT2D eigenvalue weighted by Gasteiger charge is 2.18. The van der Waals surface area contributed by atoms with Crippen molar-refractivity contribution in [2.24, 2.45) is 7.05 Å². The van der Waals surface area contributed by atoms with Crippen molar-refractivity contribution in [2.75, 3.05) is 18.4 Å². The highest BCUT2D eigenvalue weighted by molar-refractivity contribution is 7.80. The Bertz CT molecular complexity index is 748. The number of aromatic nitrogens is 2. The molecule has 1 aromatic carbocycles. The molecule has 0 aliphatic rings. The summed E-state index contributed by atoms with van der Waals surface area (Å²) in [7, 11) is 1.88. The van der Waals surface area contributed by atoms with Crippen LogP contribution in [0.3, 0.4) is 0 Å². The average Bonchev–Trinajstić information content (AvgIpc) is 2.80. The van der Waals surface area contributed by atoms with Gasteiger partial charge in [0.1, 0.15) is 5.69 Å². The van der Waals surface area contributed by atoms with Crippen LogP contribution in [-0.2, 0) is 7.05 Å². The maximum Gasteiger partial charge on any atom is 0.295 e. The minimum absolute atomic E-state index is 0.0879. The van der Waals surface area contributed by atoms with Crippen LogP contribution in [0.2, 0.25) is 0 Å². The van der Waals surface area contributed by atoms with E-state index in [0.29, 0.717) is 10.8 Å². The molecule has 0 bridgehead atoms. The summed E-state index contributed by atoms with van der Waals surface area (Å²) in [5, 5.41) is 3.78. The molecule has 1 heterocycles. The Morgan fingerprint density at radius 3 is 2.50 bits per heavy atom. The normalized spacial score (nSPS) is 10.7. The first-order valence-electron chi connectivity index (χ1n) is 8.41. The number of rotatable bonds is 6. The second-order valence-corrected chi connectivity index (χ2v) is 6.19. The van der Waals surface area contributed by atoms with Crippen molar-refractivity contribution in [1.82, 2.24) is 14.3 Å². The lowest BCUT2D eigenvalue weighted by Crippen LogP contribution is -2.36. The maximum absolute atomic E-state index is 12.9. The fourth-order valence-electron chi connectivity index (χ4n) is 2.65. The molecule has 0 unspecified atom stereocenters.